The minimum Gasteiger partial charge on any atom is -0.482 e. The first-order chi connectivity index (χ1) is 16.8. The third kappa shape index (κ3) is 5.33. The van der Waals surface area contributed by atoms with Gasteiger partial charge in [0.15, 0.2) is 17.6 Å². The number of ether oxygens (including phenoxy) is 2. The number of benzene rings is 2. The smallest absolute Gasteiger partial charge is 0.343 e. The topological polar surface area (TPSA) is 99.4 Å². The molecule has 0 unspecified atom stereocenters. The number of halogens is 3. The summed E-state index contributed by atoms with van der Waals surface area (Å²) in [5.41, 5.74) is 2.06. The standard InChI is InChI=1S/C23H17Cl3N4O4S/c1-33-18(31)11-34-14-9-15(25)19(16(26)10-14)22-29-20(12-4-3-5-13(24)8-12)21(30(22)32)17-6-7-27-23(28-17)35-2/h3-10,32H,11H2,1-2H3. The molecule has 8 nitrogen and oxygen atoms in total. The summed E-state index contributed by atoms with van der Waals surface area (Å²) in [6.07, 6.45) is 3.44. The minimum atomic E-state index is -0.558. The molecule has 0 aliphatic carbocycles. The van der Waals surface area contributed by atoms with Crippen LogP contribution in [0.15, 0.2) is 53.8 Å². The lowest BCUT2D eigenvalue weighted by molar-refractivity contribution is -0.142. The van der Waals surface area contributed by atoms with E-state index in [-0.39, 0.29) is 33.8 Å². The van der Waals surface area contributed by atoms with Crippen molar-refractivity contribution in [2.24, 2.45) is 0 Å². The molecule has 180 valence electrons. The molecule has 0 aliphatic heterocycles. The van der Waals surface area contributed by atoms with Crippen molar-refractivity contribution in [1.29, 1.82) is 0 Å². The van der Waals surface area contributed by atoms with Crippen molar-refractivity contribution in [3.63, 3.8) is 0 Å². The van der Waals surface area contributed by atoms with Gasteiger partial charge in [-0.15, -0.1) is 0 Å². The van der Waals surface area contributed by atoms with Crippen LogP contribution in [0.5, 0.6) is 5.75 Å². The Kier molecular flexibility index (Phi) is 7.71. The Balaban J connectivity index is 1.89. The van der Waals surface area contributed by atoms with Crippen LogP contribution in [0.4, 0.5) is 0 Å². The summed E-state index contributed by atoms with van der Waals surface area (Å²) in [5, 5.41) is 12.6. The number of esters is 1. The third-order valence-electron chi connectivity index (χ3n) is 4.83. The van der Waals surface area contributed by atoms with E-state index >= 15 is 0 Å². The van der Waals surface area contributed by atoms with Gasteiger partial charge in [0.25, 0.3) is 0 Å². The largest absolute Gasteiger partial charge is 0.482 e. The van der Waals surface area contributed by atoms with Crippen molar-refractivity contribution in [3.05, 3.63) is 63.7 Å². The number of carbonyl (C=O) groups excluding carboxylic acids is 1. The number of imidazole rings is 1. The maximum Gasteiger partial charge on any atom is 0.343 e. The highest BCUT2D eigenvalue weighted by atomic mass is 35.5. The van der Waals surface area contributed by atoms with Crippen molar-refractivity contribution in [2.75, 3.05) is 20.0 Å². The Labute approximate surface area is 219 Å². The van der Waals surface area contributed by atoms with Crippen molar-refractivity contribution in [1.82, 2.24) is 19.7 Å². The molecule has 0 bridgehead atoms. The molecule has 0 amide bonds. The van der Waals surface area contributed by atoms with Gasteiger partial charge in [0.2, 0.25) is 0 Å². The second kappa shape index (κ2) is 10.7. The molecule has 0 spiro atoms. The molecular formula is C23H17Cl3N4O4S. The lowest BCUT2D eigenvalue weighted by atomic mass is 10.1. The summed E-state index contributed by atoms with van der Waals surface area (Å²) in [6, 6.07) is 11.6. The summed E-state index contributed by atoms with van der Waals surface area (Å²) in [5.74, 6) is -0.229. The van der Waals surface area contributed by atoms with Crippen molar-refractivity contribution < 1.29 is 19.5 Å². The monoisotopic (exact) mass is 550 g/mol. The first kappa shape index (κ1) is 25.1. The van der Waals surface area contributed by atoms with E-state index in [2.05, 4.69) is 19.7 Å². The van der Waals surface area contributed by atoms with Gasteiger partial charge in [-0.05, 0) is 36.6 Å². The molecule has 0 saturated carbocycles. The molecule has 35 heavy (non-hydrogen) atoms. The van der Waals surface area contributed by atoms with Crippen molar-refractivity contribution in [2.45, 2.75) is 5.16 Å². The van der Waals surface area contributed by atoms with Gasteiger partial charge in [0.1, 0.15) is 17.1 Å². The number of hydrogen-bond acceptors (Lipinski definition) is 8. The maximum absolute atomic E-state index is 11.4. The van der Waals surface area contributed by atoms with E-state index in [0.717, 1.165) is 4.73 Å². The maximum atomic E-state index is 11.4. The first-order valence-electron chi connectivity index (χ1n) is 9.96. The number of rotatable bonds is 7. The van der Waals surface area contributed by atoms with E-state index in [9.17, 15) is 10.0 Å². The molecule has 1 N–H and O–H groups in total. The SMILES string of the molecule is COC(=O)COc1cc(Cl)c(-c2nc(-c3cccc(Cl)c3)c(-c3ccnc(SC)n3)n2O)c(Cl)c1. The summed E-state index contributed by atoms with van der Waals surface area (Å²) in [4.78, 5) is 24.8. The molecule has 4 aromatic rings. The summed E-state index contributed by atoms with van der Waals surface area (Å²) >= 11 is 20.6. The van der Waals surface area contributed by atoms with E-state index in [4.69, 9.17) is 39.5 Å². The molecule has 0 fully saturated rings. The van der Waals surface area contributed by atoms with Gasteiger partial charge >= 0.3 is 5.97 Å². The number of carbonyl (C=O) groups is 1. The highest BCUT2D eigenvalue weighted by Crippen LogP contribution is 2.41. The van der Waals surface area contributed by atoms with Crippen LogP contribution in [-0.2, 0) is 9.53 Å². The van der Waals surface area contributed by atoms with Crippen LogP contribution >= 0.6 is 46.6 Å². The zero-order valence-electron chi connectivity index (χ0n) is 18.3. The molecule has 0 radical (unpaired) electrons. The second-order valence-corrected chi connectivity index (χ2v) is 9.03. The van der Waals surface area contributed by atoms with Crippen LogP contribution in [-0.4, -0.2) is 50.8 Å². The highest BCUT2D eigenvalue weighted by Gasteiger charge is 2.26. The minimum absolute atomic E-state index is 0.0776. The number of methoxy groups -OCH3 is 1. The molecule has 0 atom stereocenters. The second-order valence-electron chi connectivity index (χ2n) is 7.01. The van der Waals surface area contributed by atoms with Crippen LogP contribution in [0.1, 0.15) is 0 Å². The number of nitrogens with zero attached hydrogens (tertiary/aromatic N) is 4. The summed E-state index contributed by atoms with van der Waals surface area (Å²) < 4.78 is 10.8. The van der Waals surface area contributed by atoms with Crippen LogP contribution in [0.2, 0.25) is 15.1 Å². The number of thioether (sulfide) groups is 1. The zero-order valence-corrected chi connectivity index (χ0v) is 21.4. The number of aromatic nitrogens is 4. The van der Waals surface area contributed by atoms with Gasteiger partial charge in [0, 0.05) is 16.8 Å². The van der Waals surface area contributed by atoms with E-state index in [0.29, 0.717) is 32.8 Å². The van der Waals surface area contributed by atoms with Gasteiger partial charge in [-0.3, -0.25) is 0 Å². The van der Waals surface area contributed by atoms with E-state index in [1.807, 2.05) is 12.3 Å². The highest BCUT2D eigenvalue weighted by molar-refractivity contribution is 7.98. The lowest BCUT2D eigenvalue weighted by Crippen LogP contribution is -2.12. The predicted octanol–water partition coefficient (Wildman–Crippen LogP) is 6.15. The normalized spacial score (nSPS) is 10.9. The quantitative estimate of drug-likeness (QED) is 0.126. The van der Waals surface area contributed by atoms with E-state index < -0.39 is 5.97 Å². The Hall–Kier alpha value is -2.98. The molecule has 0 aliphatic rings. The zero-order chi connectivity index (χ0) is 25.1. The van der Waals surface area contributed by atoms with Crippen molar-refractivity contribution >= 4 is 52.5 Å². The fourth-order valence-electron chi connectivity index (χ4n) is 3.26. The summed E-state index contributed by atoms with van der Waals surface area (Å²) in [6.45, 7) is -0.314. The van der Waals surface area contributed by atoms with Gasteiger partial charge < -0.3 is 14.7 Å². The van der Waals surface area contributed by atoms with Crippen LogP contribution < -0.4 is 4.74 Å². The Morgan fingerprint density at radius 2 is 1.86 bits per heavy atom. The Morgan fingerprint density at radius 1 is 1.11 bits per heavy atom. The molecule has 0 saturated heterocycles. The van der Waals surface area contributed by atoms with E-state index in [1.54, 1.807) is 30.5 Å². The molecule has 12 heteroatoms. The molecule has 2 aromatic heterocycles. The predicted molar refractivity (Wildman–Crippen MR) is 136 cm³/mol. The van der Waals surface area contributed by atoms with Crippen molar-refractivity contribution in [3.8, 4) is 39.8 Å². The van der Waals surface area contributed by atoms with E-state index in [1.165, 1.54) is 31.0 Å². The fourth-order valence-corrected chi connectivity index (χ4v) is 4.44. The Morgan fingerprint density at radius 3 is 2.51 bits per heavy atom. The third-order valence-corrected chi connectivity index (χ3v) is 6.23. The van der Waals surface area contributed by atoms with Crippen LogP contribution in [0.3, 0.4) is 0 Å². The van der Waals surface area contributed by atoms with Gasteiger partial charge in [-0.2, -0.15) is 4.73 Å². The average molecular weight is 552 g/mol. The molecular weight excluding hydrogens is 535 g/mol. The van der Waals surface area contributed by atoms with Crippen LogP contribution in [0, 0.1) is 0 Å². The van der Waals surface area contributed by atoms with Crippen LogP contribution in [0.25, 0.3) is 34.0 Å². The number of hydrogen-bond donors (Lipinski definition) is 1. The Bertz CT molecular complexity index is 1390. The molecule has 4 rings (SSSR count). The van der Waals surface area contributed by atoms with Gasteiger partial charge in [-0.1, -0.05) is 58.7 Å². The summed E-state index contributed by atoms with van der Waals surface area (Å²) in [7, 11) is 1.25. The molecule has 2 aromatic carbocycles. The van der Waals surface area contributed by atoms with Gasteiger partial charge in [0.05, 0.1) is 28.4 Å². The fraction of sp³-hybridized carbons (Fsp3) is 0.130. The molecule has 2 heterocycles. The van der Waals surface area contributed by atoms with Gasteiger partial charge in [-0.25, -0.2) is 19.7 Å². The first-order valence-corrected chi connectivity index (χ1v) is 12.3. The lowest BCUT2D eigenvalue weighted by Gasteiger charge is -2.11. The average Bonchev–Trinajstić information content (AvgIpc) is 3.18.